The number of para-hydroxylation sites is 1. The number of rotatable bonds is 6. The van der Waals surface area contributed by atoms with Gasteiger partial charge in [0.25, 0.3) is 5.91 Å². The quantitative estimate of drug-likeness (QED) is 0.653. The number of nitrogens with zero attached hydrogens (tertiary/aromatic N) is 1. The van der Waals surface area contributed by atoms with Crippen LogP contribution in [0.5, 0.6) is 0 Å². The Bertz CT molecular complexity index is 876. The van der Waals surface area contributed by atoms with Crippen LogP contribution in [-0.4, -0.2) is 28.3 Å². The van der Waals surface area contributed by atoms with Gasteiger partial charge in [-0.25, -0.2) is 0 Å². The lowest BCUT2D eigenvalue weighted by Crippen LogP contribution is -2.45. The Kier molecular flexibility index (Phi) is 6.90. The SMILES string of the molecule is CC1CCCC(NC(=O)CCC(=O)NNC(=O)Cn2ccc3ccccc32)C1C. The molecule has 1 heterocycles. The van der Waals surface area contributed by atoms with Crippen LogP contribution in [0.15, 0.2) is 36.5 Å². The molecule has 3 unspecified atom stereocenters. The standard InChI is InChI=1S/C22H30N4O3/c1-15-6-5-8-18(16(15)2)23-20(27)10-11-21(28)24-25-22(29)14-26-13-12-17-7-3-4-9-19(17)26/h3-4,7,9,12-13,15-16,18H,5-6,8,10-11,14H2,1-2H3,(H,23,27)(H,24,28)(H,25,29). The molecule has 1 aliphatic carbocycles. The molecule has 3 rings (SSSR count). The Balaban J connectivity index is 1.37. The van der Waals surface area contributed by atoms with Gasteiger partial charge in [0.2, 0.25) is 11.8 Å². The van der Waals surface area contributed by atoms with E-state index in [0.29, 0.717) is 11.8 Å². The molecule has 7 heteroatoms. The molecule has 0 radical (unpaired) electrons. The first-order valence-electron chi connectivity index (χ1n) is 10.3. The van der Waals surface area contributed by atoms with Crippen molar-refractivity contribution in [2.75, 3.05) is 0 Å². The van der Waals surface area contributed by atoms with E-state index in [1.165, 1.54) is 6.42 Å². The molecule has 7 nitrogen and oxygen atoms in total. The molecule has 1 fully saturated rings. The highest BCUT2D eigenvalue weighted by atomic mass is 16.2. The molecule has 0 bridgehead atoms. The van der Waals surface area contributed by atoms with Crippen LogP contribution in [0.3, 0.4) is 0 Å². The van der Waals surface area contributed by atoms with E-state index in [1.807, 2.05) is 41.1 Å². The first kappa shape index (κ1) is 20.9. The van der Waals surface area contributed by atoms with Crippen LogP contribution < -0.4 is 16.2 Å². The summed E-state index contributed by atoms with van der Waals surface area (Å²) in [6.07, 6.45) is 5.31. The summed E-state index contributed by atoms with van der Waals surface area (Å²) in [6, 6.07) is 9.90. The molecule has 1 aromatic heterocycles. The molecule has 1 aliphatic rings. The molecular formula is C22H30N4O3. The van der Waals surface area contributed by atoms with E-state index >= 15 is 0 Å². The Labute approximate surface area is 171 Å². The van der Waals surface area contributed by atoms with Crippen molar-refractivity contribution in [3.8, 4) is 0 Å². The van der Waals surface area contributed by atoms with Gasteiger partial charge in [-0.3, -0.25) is 25.2 Å². The van der Waals surface area contributed by atoms with Crippen LogP contribution >= 0.6 is 0 Å². The first-order chi connectivity index (χ1) is 13.9. The van der Waals surface area contributed by atoms with E-state index in [0.717, 1.165) is 23.7 Å². The zero-order valence-electron chi connectivity index (χ0n) is 17.1. The van der Waals surface area contributed by atoms with Crippen molar-refractivity contribution in [2.24, 2.45) is 11.8 Å². The van der Waals surface area contributed by atoms with Crippen molar-refractivity contribution < 1.29 is 14.4 Å². The molecule has 3 amide bonds. The maximum Gasteiger partial charge on any atom is 0.258 e. The molecule has 1 aromatic carbocycles. The molecule has 0 aliphatic heterocycles. The average Bonchev–Trinajstić information content (AvgIpc) is 3.11. The van der Waals surface area contributed by atoms with Gasteiger partial charge in [-0.15, -0.1) is 0 Å². The molecule has 2 aromatic rings. The molecule has 3 N–H and O–H groups in total. The van der Waals surface area contributed by atoms with Crippen LogP contribution in [0, 0.1) is 11.8 Å². The van der Waals surface area contributed by atoms with E-state index in [1.54, 1.807) is 0 Å². The summed E-state index contributed by atoms with van der Waals surface area (Å²) >= 11 is 0. The highest BCUT2D eigenvalue weighted by molar-refractivity contribution is 5.86. The summed E-state index contributed by atoms with van der Waals surface area (Å²) in [5.41, 5.74) is 5.75. The maximum absolute atomic E-state index is 12.2. The predicted molar refractivity (Wildman–Crippen MR) is 112 cm³/mol. The van der Waals surface area contributed by atoms with E-state index < -0.39 is 0 Å². The van der Waals surface area contributed by atoms with Gasteiger partial charge in [-0.2, -0.15) is 0 Å². The summed E-state index contributed by atoms with van der Waals surface area (Å²) < 4.78 is 1.82. The average molecular weight is 399 g/mol. The predicted octanol–water partition coefficient (Wildman–Crippen LogP) is 2.51. The third-order valence-electron chi connectivity index (χ3n) is 5.97. The number of fused-ring (bicyclic) bond motifs is 1. The van der Waals surface area contributed by atoms with Crippen molar-refractivity contribution in [3.63, 3.8) is 0 Å². The van der Waals surface area contributed by atoms with Crippen molar-refractivity contribution in [3.05, 3.63) is 36.5 Å². The summed E-state index contributed by atoms with van der Waals surface area (Å²) in [4.78, 5) is 36.2. The number of aromatic nitrogens is 1. The number of carbonyl (C=O) groups is 3. The number of nitrogens with one attached hydrogen (secondary N) is 3. The van der Waals surface area contributed by atoms with Crippen molar-refractivity contribution in [1.82, 2.24) is 20.7 Å². The second-order valence-electron chi connectivity index (χ2n) is 8.04. The summed E-state index contributed by atoms with van der Waals surface area (Å²) in [5, 5.41) is 4.11. The molecule has 156 valence electrons. The van der Waals surface area contributed by atoms with Crippen LogP contribution in [0.25, 0.3) is 10.9 Å². The van der Waals surface area contributed by atoms with E-state index in [9.17, 15) is 14.4 Å². The first-order valence-corrected chi connectivity index (χ1v) is 10.3. The van der Waals surface area contributed by atoms with Gasteiger partial charge >= 0.3 is 0 Å². The molecule has 29 heavy (non-hydrogen) atoms. The summed E-state index contributed by atoms with van der Waals surface area (Å²) in [6.45, 7) is 4.49. The molecule has 1 saturated carbocycles. The fourth-order valence-electron chi connectivity index (χ4n) is 3.97. The number of benzene rings is 1. The minimum atomic E-state index is -0.379. The highest BCUT2D eigenvalue weighted by Gasteiger charge is 2.28. The Morgan fingerprint density at radius 3 is 2.52 bits per heavy atom. The maximum atomic E-state index is 12.2. The minimum Gasteiger partial charge on any atom is -0.353 e. The normalized spacial score (nSPS) is 21.5. The smallest absolute Gasteiger partial charge is 0.258 e. The van der Waals surface area contributed by atoms with Gasteiger partial charge in [0.15, 0.2) is 0 Å². The summed E-state index contributed by atoms with van der Waals surface area (Å²) in [5.74, 6) is 0.233. The lowest BCUT2D eigenvalue weighted by molar-refractivity contribution is -0.130. The number of hydrogen-bond donors (Lipinski definition) is 3. The molecule has 0 saturated heterocycles. The van der Waals surface area contributed by atoms with Gasteiger partial charge < -0.3 is 9.88 Å². The monoisotopic (exact) mass is 398 g/mol. The third-order valence-corrected chi connectivity index (χ3v) is 5.97. The largest absolute Gasteiger partial charge is 0.353 e. The van der Waals surface area contributed by atoms with Crippen molar-refractivity contribution in [1.29, 1.82) is 0 Å². The van der Waals surface area contributed by atoms with Crippen LogP contribution in [0.2, 0.25) is 0 Å². The fourth-order valence-corrected chi connectivity index (χ4v) is 3.97. The van der Waals surface area contributed by atoms with Gasteiger partial charge in [0, 0.05) is 30.6 Å². The second-order valence-corrected chi connectivity index (χ2v) is 8.04. The number of amides is 3. The zero-order chi connectivity index (χ0) is 20.8. The summed E-state index contributed by atoms with van der Waals surface area (Å²) in [7, 11) is 0. The topological polar surface area (TPSA) is 92.2 Å². The minimum absolute atomic E-state index is 0.0369. The van der Waals surface area contributed by atoms with E-state index in [4.69, 9.17) is 0 Å². The lowest BCUT2D eigenvalue weighted by atomic mass is 9.78. The molecule has 3 atom stereocenters. The molecule has 0 spiro atoms. The Morgan fingerprint density at radius 1 is 0.966 bits per heavy atom. The van der Waals surface area contributed by atoms with E-state index in [2.05, 4.69) is 30.0 Å². The zero-order valence-corrected chi connectivity index (χ0v) is 17.1. The van der Waals surface area contributed by atoms with Crippen LogP contribution in [-0.2, 0) is 20.9 Å². The number of hydrazine groups is 1. The van der Waals surface area contributed by atoms with Crippen LogP contribution in [0.1, 0.15) is 46.0 Å². The van der Waals surface area contributed by atoms with Crippen LogP contribution in [0.4, 0.5) is 0 Å². The highest BCUT2D eigenvalue weighted by Crippen LogP contribution is 2.29. The number of hydrogen-bond acceptors (Lipinski definition) is 3. The lowest BCUT2D eigenvalue weighted by Gasteiger charge is -2.34. The van der Waals surface area contributed by atoms with Crippen molar-refractivity contribution >= 4 is 28.6 Å². The second kappa shape index (κ2) is 9.58. The van der Waals surface area contributed by atoms with Gasteiger partial charge in [-0.1, -0.05) is 44.9 Å². The van der Waals surface area contributed by atoms with Crippen molar-refractivity contribution in [2.45, 2.75) is 58.5 Å². The molecular weight excluding hydrogens is 368 g/mol. The van der Waals surface area contributed by atoms with E-state index in [-0.39, 0.29) is 43.1 Å². The van der Waals surface area contributed by atoms with Gasteiger partial charge in [0.1, 0.15) is 6.54 Å². The fraction of sp³-hybridized carbons (Fsp3) is 0.500. The Hall–Kier alpha value is -2.83. The number of carbonyl (C=O) groups excluding carboxylic acids is 3. The van der Waals surface area contributed by atoms with Gasteiger partial charge in [-0.05, 0) is 35.8 Å². The third kappa shape index (κ3) is 5.59. The van der Waals surface area contributed by atoms with Gasteiger partial charge in [0.05, 0.1) is 0 Å². The Morgan fingerprint density at radius 2 is 1.69 bits per heavy atom.